The lowest BCUT2D eigenvalue weighted by molar-refractivity contribution is -0.115. The number of para-hydroxylation sites is 1. The van der Waals surface area contributed by atoms with Crippen molar-refractivity contribution in [2.75, 3.05) is 11.9 Å². The highest BCUT2D eigenvalue weighted by atomic mass is 16.3. The quantitative estimate of drug-likeness (QED) is 0.850. The lowest BCUT2D eigenvalue weighted by atomic mass is 10.2. The van der Waals surface area contributed by atoms with Crippen LogP contribution in [0.15, 0.2) is 53.1 Å². The average molecular weight is 244 g/mol. The summed E-state index contributed by atoms with van der Waals surface area (Å²) in [5, 5.41) is 5.91. The van der Waals surface area contributed by atoms with Crippen LogP contribution in [0.1, 0.15) is 18.7 Å². The fraction of sp³-hybridized carbons (Fsp3) is 0.214. The molecule has 18 heavy (non-hydrogen) atoms. The molecule has 94 valence electrons. The average Bonchev–Trinajstić information content (AvgIpc) is 2.91. The first-order chi connectivity index (χ1) is 8.75. The summed E-state index contributed by atoms with van der Waals surface area (Å²) in [5.41, 5.74) is 0.801. The van der Waals surface area contributed by atoms with Crippen LogP contribution in [0.3, 0.4) is 0 Å². The maximum atomic E-state index is 11.7. The zero-order chi connectivity index (χ0) is 12.8. The van der Waals surface area contributed by atoms with Gasteiger partial charge in [-0.25, -0.2) is 0 Å². The molecule has 0 aliphatic carbocycles. The first-order valence-electron chi connectivity index (χ1n) is 5.87. The van der Waals surface area contributed by atoms with Gasteiger partial charge in [0, 0.05) is 5.69 Å². The molecule has 1 heterocycles. The molecule has 4 heteroatoms. The van der Waals surface area contributed by atoms with Crippen molar-refractivity contribution in [1.29, 1.82) is 0 Å². The monoisotopic (exact) mass is 244 g/mol. The molecule has 2 N–H and O–H groups in total. The Labute approximate surface area is 106 Å². The van der Waals surface area contributed by atoms with Crippen LogP contribution in [0.2, 0.25) is 0 Å². The summed E-state index contributed by atoms with van der Waals surface area (Å²) in [5.74, 6) is 0.752. The van der Waals surface area contributed by atoms with Gasteiger partial charge >= 0.3 is 0 Å². The Bertz CT molecular complexity index is 480. The smallest absolute Gasteiger partial charge is 0.238 e. The van der Waals surface area contributed by atoms with Crippen molar-refractivity contribution in [1.82, 2.24) is 5.32 Å². The third kappa shape index (κ3) is 3.46. The SMILES string of the molecule is CC(NCC(=O)Nc1ccccc1)c1ccco1. The largest absolute Gasteiger partial charge is 0.468 e. The minimum absolute atomic E-state index is 0.0153. The van der Waals surface area contributed by atoms with Crippen molar-refractivity contribution < 1.29 is 9.21 Å². The molecule has 0 saturated heterocycles. The molecule has 0 aliphatic rings. The number of nitrogens with one attached hydrogen (secondary N) is 2. The van der Waals surface area contributed by atoms with E-state index < -0.39 is 0 Å². The molecule has 4 nitrogen and oxygen atoms in total. The number of hydrogen-bond acceptors (Lipinski definition) is 3. The van der Waals surface area contributed by atoms with E-state index in [2.05, 4.69) is 10.6 Å². The van der Waals surface area contributed by atoms with Gasteiger partial charge < -0.3 is 9.73 Å². The van der Waals surface area contributed by atoms with E-state index >= 15 is 0 Å². The van der Waals surface area contributed by atoms with Crippen LogP contribution >= 0.6 is 0 Å². The number of amides is 1. The van der Waals surface area contributed by atoms with Crippen molar-refractivity contribution in [3.8, 4) is 0 Å². The maximum absolute atomic E-state index is 11.7. The summed E-state index contributed by atoms with van der Waals surface area (Å²) in [6.07, 6.45) is 1.62. The fourth-order valence-electron chi connectivity index (χ4n) is 1.61. The molecule has 0 aliphatic heterocycles. The van der Waals surface area contributed by atoms with Crippen LogP contribution in [0, 0.1) is 0 Å². The molecule has 0 saturated carbocycles. The Hall–Kier alpha value is -2.07. The van der Waals surface area contributed by atoms with E-state index in [4.69, 9.17) is 4.42 Å². The van der Waals surface area contributed by atoms with Crippen molar-refractivity contribution >= 4 is 11.6 Å². The lowest BCUT2D eigenvalue weighted by Gasteiger charge is -2.11. The number of rotatable bonds is 5. The predicted molar refractivity (Wildman–Crippen MR) is 70.2 cm³/mol. The van der Waals surface area contributed by atoms with Crippen LogP contribution < -0.4 is 10.6 Å². The third-order valence-electron chi connectivity index (χ3n) is 2.60. The second-order valence-electron chi connectivity index (χ2n) is 4.03. The van der Waals surface area contributed by atoms with Gasteiger partial charge in [-0.1, -0.05) is 18.2 Å². The van der Waals surface area contributed by atoms with Crippen molar-refractivity contribution in [2.45, 2.75) is 13.0 Å². The molecule has 0 spiro atoms. The number of furan rings is 1. The minimum Gasteiger partial charge on any atom is -0.468 e. The lowest BCUT2D eigenvalue weighted by Crippen LogP contribution is -2.29. The van der Waals surface area contributed by atoms with E-state index in [9.17, 15) is 4.79 Å². The highest BCUT2D eigenvalue weighted by Gasteiger charge is 2.09. The molecule has 1 aromatic carbocycles. The van der Waals surface area contributed by atoms with Crippen LogP contribution in [0.5, 0.6) is 0 Å². The van der Waals surface area contributed by atoms with Crippen LogP contribution in [-0.4, -0.2) is 12.5 Å². The van der Waals surface area contributed by atoms with Gasteiger partial charge in [0.25, 0.3) is 0 Å². The van der Waals surface area contributed by atoms with Gasteiger partial charge in [0.1, 0.15) is 5.76 Å². The van der Waals surface area contributed by atoms with E-state index in [0.717, 1.165) is 11.4 Å². The normalized spacial score (nSPS) is 12.1. The second-order valence-corrected chi connectivity index (χ2v) is 4.03. The summed E-state index contributed by atoms with van der Waals surface area (Å²) in [6.45, 7) is 2.20. The summed E-state index contributed by atoms with van der Waals surface area (Å²) in [4.78, 5) is 11.7. The number of carbonyl (C=O) groups is 1. The molecule has 0 fully saturated rings. The van der Waals surface area contributed by atoms with Crippen LogP contribution in [0.4, 0.5) is 5.69 Å². The third-order valence-corrected chi connectivity index (χ3v) is 2.60. The van der Waals surface area contributed by atoms with Gasteiger partial charge in [-0.2, -0.15) is 0 Å². The minimum atomic E-state index is -0.0698. The summed E-state index contributed by atoms with van der Waals surface area (Å²) >= 11 is 0. The van der Waals surface area contributed by atoms with Gasteiger partial charge in [0.05, 0.1) is 18.8 Å². The molecule has 2 rings (SSSR count). The van der Waals surface area contributed by atoms with Gasteiger partial charge in [-0.15, -0.1) is 0 Å². The summed E-state index contributed by atoms with van der Waals surface area (Å²) in [7, 11) is 0. The van der Waals surface area contributed by atoms with Crippen molar-refractivity contribution in [3.05, 3.63) is 54.5 Å². The van der Waals surface area contributed by atoms with Crippen LogP contribution in [0.25, 0.3) is 0 Å². The first-order valence-corrected chi connectivity index (χ1v) is 5.87. The Balaban J connectivity index is 1.79. The zero-order valence-corrected chi connectivity index (χ0v) is 10.2. The van der Waals surface area contributed by atoms with Gasteiger partial charge in [0.15, 0.2) is 0 Å². The van der Waals surface area contributed by atoms with E-state index in [0.29, 0.717) is 0 Å². The molecule has 1 aromatic heterocycles. The Morgan fingerprint density at radius 1 is 1.22 bits per heavy atom. The molecular formula is C14H16N2O2. The fourth-order valence-corrected chi connectivity index (χ4v) is 1.61. The van der Waals surface area contributed by atoms with Gasteiger partial charge in [0.2, 0.25) is 5.91 Å². The highest BCUT2D eigenvalue weighted by Crippen LogP contribution is 2.11. The molecule has 0 bridgehead atoms. The Kier molecular flexibility index (Phi) is 4.15. The molecule has 1 amide bonds. The molecular weight excluding hydrogens is 228 g/mol. The zero-order valence-electron chi connectivity index (χ0n) is 10.2. The number of anilines is 1. The topological polar surface area (TPSA) is 54.3 Å². The van der Waals surface area contributed by atoms with E-state index in [1.807, 2.05) is 49.4 Å². The number of benzene rings is 1. The number of carbonyl (C=O) groups excluding carboxylic acids is 1. The van der Waals surface area contributed by atoms with Gasteiger partial charge in [-0.05, 0) is 31.2 Å². The molecule has 1 atom stereocenters. The molecule has 2 aromatic rings. The molecule has 1 unspecified atom stereocenters. The second kappa shape index (κ2) is 6.02. The Morgan fingerprint density at radius 3 is 2.67 bits per heavy atom. The summed E-state index contributed by atoms with van der Waals surface area (Å²) < 4.78 is 5.25. The van der Waals surface area contributed by atoms with E-state index in [1.165, 1.54) is 0 Å². The Morgan fingerprint density at radius 2 is 2.00 bits per heavy atom. The highest BCUT2D eigenvalue weighted by molar-refractivity contribution is 5.92. The van der Waals surface area contributed by atoms with Crippen LogP contribution in [-0.2, 0) is 4.79 Å². The standard InChI is InChI=1S/C14H16N2O2/c1-11(13-8-5-9-18-13)15-10-14(17)16-12-6-3-2-4-7-12/h2-9,11,15H,10H2,1H3,(H,16,17). The summed E-state index contributed by atoms with van der Waals surface area (Å²) in [6, 6.07) is 13.1. The predicted octanol–water partition coefficient (Wildman–Crippen LogP) is 2.57. The van der Waals surface area contributed by atoms with Gasteiger partial charge in [-0.3, -0.25) is 10.1 Å². The van der Waals surface area contributed by atoms with Crippen molar-refractivity contribution in [2.24, 2.45) is 0 Å². The van der Waals surface area contributed by atoms with E-state index in [1.54, 1.807) is 6.26 Å². The first kappa shape index (κ1) is 12.4. The van der Waals surface area contributed by atoms with E-state index in [-0.39, 0.29) is 18.5 Å². The van der Waals surface area contributed by atoms with Crippen molar-refractivity contribution in [3.63, 3.8) is 0 Å². The maximum Gasteiger partial charge on any atom is 0.238 e. The number of hydrogen-bond donors (Lipinski definition) is 2. The molecule has 0 radical (unpaired) electrons.